The molecule has 1 aromatic heterocycles. The fourth-order valence-electron chi connectivity index (χ4n) is 3.94. The molecule has 0 aliphatic heterocycles. The van der Waals surface area contributed by atoms with Crippen LogP contribution >= 0.6 is 0 Å². The van der Waals surface area contributed by atoms with E-state index in [1.165, 1.54) is 0 Å². The molecule has 0 radical (unpaired) electrons. The average Bonchev–Trinajstić information content (AvgIpc) is 3.29. The number of carbonyl (C=O) groups excluding carboxylic acids is 2. The largest absolute Gasteiger partial charge is 0.490 e. The fourth-order valence-corrected chi connectivity index (χ4v) is 3.94. The minimum Gasteiger partial charge on any atom is -0.490 e. The lowest BCUT2D eigenvalue weighted by molar-refractivity contribution is -0.119. The van der Waals surface area contributed by atoms with E-state index in [9.17, 15) is 9.59 Å². The van der Waals surface area contributed by atoms with Gasteiger partial charge in [0.05, 0.1) is 24.5 Å². The van der Waals surface area contributed by atoms with Crippen LogP contribution in [0.3, 0.4) is 0 Å². The molecule has 3 aromatic rings. The third-order valence-electron chi connectivity index (χ3n) is 5.24. The molecule has 1 heterocycles. The Bertz CT molecular complexity index is 1220. The molecule has 0 spiro atoms. The number of ether oxygens (including phenoxy) is 3. The molecule has 3 N–H and O–H groups in total. The summed E-state index contributed by atoms with van der Waals surface area (Å²) in [5.41, 5.74) is 10.4. The van der Waals surface area contributed by atoms with Crippen LogP contribution in [0, 0.1) is 0 Å². The molecule has 4 rings (SSSR count). The van der Waals surface area contributed by atoms with Crippen LogP contribution in [0.5, 0.6) is 11.5 Å². The molecule has 9 nitrogen and oxygen atoms in total. The number of carbonyl (C=O) groups is 2. The number of benzene rings is 2. The molecule has 0 bridgehead atoms. The number of nitrogens with zero attached hydrogens (tertiary/aromatic N) is 2. The van der Waals surface area contributed by atoms with Crippen molar-refractivity contribution in [2.75, 3.05) is 25.1 Å². The Balaban J connectivity index is 1.66. The maximum absolute atomic E-state index is 12.1. The Hall–Kier alpha value is -4.01. The molecule has 0 atom stereocenters. The lowest BCUT2D eigenvalue weighted by Gasteiger charge is -2.14. The lowest BCUT2D eigenvalue weighted by Crippen LogP contribution is -2.20. The van der Waals surface area contributed by atoms with Crippen molar-refractivity contribution >= 4 is 23.4 Å². The maximum atomic E-state index is 12.1. The van der Waals surface area contributed by atoms with Gasteiger partial charge in [0.25, 0.3) is 5.91 Å². The van der Waals surface area contributed by atoms with Crippen LogP contribution in [-0.2, 0) is 23.0 Å². The molecular weight excluding hydrogens is 424 g/mol. The first-order chi connectivity index (χ1) is 15.9. The first-order valence-electron chi connectivity index (χ1n) is 10.7. The summed E-state index contributed by atoms with van der Waals surface area (Å²) in [6.07, 6.45) is 0.647. The number of amides is 1. The highest BCUT2D eigenvalue weighted by Crippen LogP contribution is 2.45. The van der Waals surface area contributed by atoms with Crippen LogP contribution in [0.4, 0.5) is 11.5 Å². The number of hydrogen-bond acceptors (Lipinski definition) is 7. The highest BCUT2D eigenvalue weighted by atomic mass is 16.5. The van der Waals surface area contributed by atoms with Gasteiger partial charge in [0.15, 0.2) is 23.9 Å². The Kier molecular flexibility index (Phi) is 6.21. The van der Waals surface area contributed by atoms with E-state index < -0.39 is 5.91 Å². The molecule has 172 valence electrons. The highest BCUT2D eigenvalue weighted by Gasteiger charge is 2.29. The Morgan fingerprint density at radius 1 is 1.12 bits per heavy atom. The van der Waals surface area contributed by atoms with Gasteiger partial charge in [-0.05, 0) is 49.7 Å². The van der Waals surface area contributed by atoms with E-state index in [4.69, 9.17) is 19.9 Å². The Morgan fingerprint density at radius 3 is 2.64 bits per heavy atom. The van der Waals surface area contributed by atoms with Gasteiger partial charge < -0.3 is 25.3 Å². The van der Waals surface area contributed by atoms with Gasteiger partial charge in [0, 0.05) is 30.3 Å². The minimum atomic E-state index is -0.560. The molecule has 2 aromatic carbocycles. The fraction of sp³-hybridized carbons (Fsp3) is 0.292. The van der Waals surface area contributed by atoms with E-state index in [-0.39, 0.29) is 12.6 Å². The summed E-state index contributed by atoms with van der Waals surface area (Å²) < 4.78 is 18.2. The van der Waals surface area contributed by atoms with E-state index in [2.05, 4.69) is 10.4 Å². The summed E-state index contributed by atoms with van der Waals surface area (Å²) in [7, 11) is 1.87. The number of nitrogens with one attached hydrogen (secondary N) is 1. The number of esters is 1. The van der Waals surface area contributed by atoms with Crippen LogP contribution in [0.25, 0.3) is 11.3 Å². The van der Waals surface area contributed by atoms with Gasteiger partial charge in [-0.2, -0.15) is 5.10 Å². The zero-order valence-electron chi connectivity index (χ0n) is 18.8. The predicted octanol–water partition coefficient (Wildman–Crippen LogP) is 3.17. The van der Waals surface area contributed by atoms with Crippen LogP contribution in [0.15, 0.2) is 36.4 Å². The molecule has 0 saturated carbocycles. The van der Waals surface area contributed by atoms with Gasteiger partial charge >= 0.3 is 5.97 Å². The second kappa shape index (κ2) is 9.23. The maximum Gasteiger partial charge on any atom is 0.338 e. The number of primary amides is 1. The molecule has 0 unspecified atom stereocenters. The number of rotatable bonds is 9. The smallest absolute Gasteiger partial charge is 0.338 e. The van der Waals surface area contributed by atoms with Gasteiger partial charge in [-0.1, -0.05) is 6.07 Å². The molecule has 1 amide bonds. The van der Waals surface area contributed by atoms with Crippen molar-refractivity contribution < 1.29 is 23.8 Å². The molecule has 9 heteroatoms. The van der Waals surface area contributed by atoms with Crippen molar-refractivity contribution in [1.82, 2.24) is 9.78 Å². The van der Waals surface area contributed by atoms with Gasteiger partial charge in [0.1, 0.15) is 0 Å². The SMILES string of the molecule is CCOC(=O)c1cccc(Nc2nn(C)c3c2Cc2cc(OCC)c(OCC(N)=O)cc2-3)c1. The van der Waals surface area contributed by atoms with E-state index in [0.717, 1.165) is 28.1 Å². The Morgan fingerprint density at radius 2 is 1.91 bits per heavy atom. The van der Waals surface area contributed by atoms with E-state index in [1.807, 2.05) is 32.2 Å². The second-order valence-electron chi connectivity index (χ2n) is 7.55. The minimum absolute atomic E-state index is 0.235. The van der Waals surface area contributed by atoms with Gasteiger partial charge in [-0.3, -0.25) is 9.48 Å². The topological polar surface area (TPSA) is 118 Å². The molecular formula is C24H26N4O5. The number of nitrogens with two attached hydrogens (primary N) is 1. The van der Waals surface area contributed by atoms with Crippen molar-refractivity contribution in [3.63, 3.8) is 0 Å². The summed E-state index contributed by atoms with van der Waals surface area (Å²) in [6.45, 7) is 4.20. The Labute approximate surface area is 191 Å². The first kappa shape index (κ1) is 22.2. The summed E-state index contributed by atoms with van der Waals surface area (Å²) in [5, 5.41) is 7.97. The van der Waals surface area contributed by atoms with E-state index in [1.54, 1.807) is 29.8 Å². The average molecular weight is 450 g/mol. The van der Waals surface area contributed by atoms with Crippen molar-refractivity contribution in [2.24, 2.45) is 12.8 Å². The highest BCUT2D eigenvalue weighted by molar-refractivity contribution is 5.91. The summed E-state index contributed by atoms with van der Waals surface area (Å²) in [5.74, 6) is 0.791. The third-order valence-corrected chi connectivity index (χ3v) is 5.24. The summed E-state index contributed by atoms with van der Waals surface area (Å²) >= 11 is 0. The molecule has 33 heavy (non-hydrogen) atoms. The van der Waals surface area contributed by atoms with Gasteiger partial charge in [-0.25, -0.2) is 4.79 Å². The molecule has 1 aliphatic carbocycles. The van der Waals surface area contributed by atoms with Crippen LogP contribution in [0.2, 0.25) is 0 Å². The lowest BCUT2D eigenvalue weighted by atomic mass is 10.1. The van der Waals surface area contributed by atoms with Crippen LogP contribution in [-0.4, -0.2) is 41.5 Å². The van der Waals surface area contributed by atoms with Crippen molar-refractivity contribution in [3.05, 3.63) is 53.1 Å². The number of fused-ring (bicyclic) bond motifs is 3. The first-order valence-corrected chi connectivity index (χ1v) is 10.7. The van der Waals surface area contributed by atoms with Gasteiger partial charge in [-0.15, -0.1) is 0 Å². The van der Waals surface area contributed by atoms with Crippen LogP contribution < -0.4 is 20.5 Å². The van der Waals surface area contributed by atoms with Gasteiger partial charge in [0.2, 0.25) is 0 Å². The van der Waals surface area contributed by atoms with Crippen molar-refractivity contribution in [2.45, 2.75) is 20.3 Å². The number of aromatic nitrogens is 2. The molecule has 0 fully saturated rings. The summed E-state index contributed by atoms with van der Waals surface area (Å²) in [4.78, 5) is 23.3. The molecule has 1 aliphatic rings. The third kappa shape index (κ3) is 4.48. The number of hydrogen-bond donors (Lipinski definition) is 2. The standard InChI is InChI=1S/C24H26N4O5/c1-4-31-19-11-15-10-18-22(17(15)12-20(19)33-13-21(25)29)28(3)27-23(18)26-16-8-6-7-14(9-16)24(30)32-5-2/h6-9,11-12H,4-5,10,13H2,1-3H3,(H2,25,29)(H,26,27). The molecule has 0 saturated heterocycles. The zero-order chi connectivity index (χ0) is 23.5. The van der Waals surface area contributed by atoms with Crippen molar-refractivity contribution in [3.8, 4) is 22.8 Å². The number of anilines is 2. The second-order valence-corrected chi connectivity index (χ2v) is 7.55. The predicted molar refractivity (Wildman–Crippen MR) is 123 cm³/mol. The monoisotopic (exact) mass is 450 g/mol. The van der Waals surface area contributed by atoms with Crippen LogP contribution in [0.1, 0.15) is 35.3 Å². The van der Waals surface area contributed by atoms with E-state index in [0.29, 0.717) is 42.5 Å². The summed E-state index contributed by atoms with van der Waals surface area (Å²) in [6, 6.07) is 10.9. The number of aryl methyl sites for hydroxylation is 1. The quantitative estimate of drug-likeness (QED) is 0.376. The van der Waals surface area contributed by atoms with Crippen molar-refractivity contribution in [1.29, 1.82) is 0 Å². The van der Waals surface area contributed by atoms with E-state index >= 15 is 0 Å². The normalized spacial score (nSPS) is 11.5. The zero-order valence-corrected chi connectivity index (χ0v) is 18.8.